The molecule has 0 aromatic heterocycles. The van der Waals surface area contributed by atoms with E-state index in [1.54, 1.807) is 26.4 Å². The molecule has 0 heterocycles. The predicted molar refractivity (Wildman–Crippen MR) is 72.6 cm³/mol. The van der Waals surface area contributed by atoms with E-state index in [1.165, 1.54) is 0 Å². The van der Waals surface area contributed by atoms with Crippen LogP contribution in [0.15, 0.2) is 36.9 Å². The average molecular weight is 244 g/mol. The van der Waals surface area contributed by atoms with Crippen molar-refractivity contribution in [1.29, 1.82) is 0 Å². The topological polar surface area (TPSA) is 38.7 Å². The van der Waals surface area contributed by atoms with Crippen LogP contribution in [0.5, 0.6) is 17.2 Å². The van der Waals surface area contributed by atoms with Crippen molar-refractivity contribution in [2.75, 3.05) is 14.2 Å². The number of ether oxygens (including phenoxy) is 2. The number of hydrogen-bond acceptors (Lipinski definition) is 3. The predicted octanol–water partition coefficient (Wildman–Crippen LogP) is 3.29. The summed E-state index contributed by atoms with van der Waals surface area (Å²) in [5.41, 5.74) is 0.908. The minimum absolute atomic E-state index is 0.195. The fourth-order valence-corrected chi connectivity index (χ4v) is 2.18. The van der Waals surface area contributed by atoms with Gasteiger partial charge in [0.1, 0.15) is 17.2 Å². The highest BCUT2D eigenvalue weighted by Crippen LogP contribution is 2.41. The lowest BCUT2D eigenvalue weighted by atomic mass is 10.0. The van der Waals surface area contributed by atoms with Gasteiger partial charge in [-0.2, -0.15) is 0 Å². The number of fused-ring (bicyclic) bond motifs is 1. The molecule has 3 heteroatoms. The number of benzene rings is 2. The van der Waals surface area contributed by atoms with Crippen LogP contribution in [0.2, 0.25) is 0 Å². The zero-order chi connectivity index (χ0) is 13.1. The maximum Gasteiger partial charge on any atom is 0.130 e. The van der Waals surface area contributed by atoms with Crippen LogP contribution >= 0.6 is 0 Å². The van der Waals surface area contributed by atoms with Gasteiger partial charge in [-0.3, -0.25) is 0 Å². The van der Waals surface area contributed by atoms with E-state index in [-0.39, 0.29) is 5.75 Å². The van der Waals surface area contributed by atoms with Gasteiger partial charge in [0.05, 0.1) is 19.6 Å². The molecule has 0 spiro atoms. The van der Waals surface area contributed by atoms with Gasteiger partial charge in [0, 0.05) is 10.9 Å². The van der Waals surface area contributed by atoms with Crippen molar-refractivity contribution in [3.05, 3.63) is 42.5 Å². The summed E-state index contributed by atoms with van der Waals surface area (Å²) in [5.74, 6) is 1.58. The summed E-state index contributed by atoms with van der Waals surface area (Å²) in [6.07, 6.45) is 2.42. The van der Waals surface area contributed by atoms with Crippen LogP contribution in [0.1, 0.15) is 5.56 Å². The molecule has 94 valence electrons. The first-order chi connectivity index (χ1) is 8.72. The zero-order valence-electron chi connectivity index (χ0n) is 10.6. The van der Waals surface area contributed by atoms with Crippen molar-refractivity contribution in [3.8, 4) is 17.2 Å². The van der Waals surface area contributed by atoms with E-state index in [4.69, 9.17) is 9.47 Å². The van der Waals surface area contributed by atoms with E-state index in [2.05, 4.69) is 6.58 Å². The minimum atomic E-state index is 0.195. The van der Waals surface area contributed by atoms with Crippen molar-refractivity contribution in [2.24, 2.45) is 0 Å². The van der Waals surface area contributed by atoms with E-state index < -0.39 is 0 Å². The molecule has 0 unspecified atom stereocenters. The van der Waals surface area contributed by atoms with E-state index in [9.17, 15) is 5.11 Å². The van der Waals surface area contributed by atoms with E-state index in [1.807, 2.05) is 18.2 Å². The molecule has 0 atom stereocenters. The first kappa shape index (κ1) is 12.3. The Kier molecular flexibility index (Phi) is 3.42. The Morgan fingerprint density at radius 1 is 1.28 bits per heavy atom. The first-order valence-corrected chi connectivity index (χ1v) is 5.69. The van der Waals surface area contributed by atoms with E-state index >= 15 is 0 Å². The Labute approximate surface area is 106 Å². The van der Waals surface area contributed by atoms with E-state index in [0.29, 0.717) is 17.6 Å². The van der Waals surface area contributed by atoms with Crippen LogP contribution in [0.3, 0.4) is 0 Å². The Balaban J connectivity index is 2.84. The van der Waals surface area contributed by atoms with Gasteiger partial charge >= 0.3 is 0 Å². The fourth-order valence-electron chi connectivity index (χ4n) is 2.18. The van der Waals surface area contributed by atoms with E-state index in [0.717, 1.165) is 16.7 Å². The molecule has 0 aliphatic carbocycles. The summed E-state index contributed by atoms with van der Waals surface area (Å²) in [4.78, 5) is 0. The third-order valence-corrected chi connectivity index (χ3v) is 2.92. The largest absolute Gasteiger partial charge is 0.507 e. The van der Waals surface area contributed by atoms with Crippen LogP contribution in [-0.4, -0.2) is 19.3 Å². The highest BCUT2D eigenvalue weighted by atomic mass is 16.5. The minimum Gasteiger partial charge on any atom is -0.507 e. The molecule has 1 N–H and O–H groups in total. The number of allylic oxidation sites excluding steroid dienone is 1. The van der Waals surface area contributed by atoms with Crippen LogP contribution in [0.4, 0.5) is 0 Å². The summed E-state index contributed by atoms with van der Waals surface area (Å²) >= 11 is 0. The number of rotatable bonds is 4. The Bertz CT molecular complexity index is 588. The molecule has 0 aliphatic rings. The Hall–Kier alpha value is -2.16. The molecule has 0 aliphatic heterocycles. The summed E-state index contributed by atoms with van der Waals surface area (Å²) in [6, 6.07) is 7.30. The lowest BCUT2D eigenvalue weighted by Gasteiger charge is -2.14. The van der Waals surface area contributed by atoms with Crippen LogP contribution < -0.4 is 9.47 Å². The molecule has 3 nitrogen and oxygen atoms in total. The summed E-state index contributed by atoms with van der Waals surface area (Å²) in [5, 5.41) is 11.7. The highest BCUT2D eigenvalue weighted by Gasteiger charge is 2.14. The third kappa shape index (κ3) is 1.88. The molecule has 0 saturated heterocycles. The fraction of sp³-hybridized carbons (Fsp3) is 0.200. The van der Waals surface area contributed by atoms with Gasteiger partial charge in [-0.05, 0) is 18.6 Å². The summed E-state index contributed by atoms with van der Waals surface area (Å²) in [7, 11) is 3.20. The number of phenolic OH excluding ortho intramolecular Hbond substituents is 1. The SMILES string of the molecule is C=CCc1cc(O)c2c(OC)cccc2c1OC. The van der Waals surface area contributed by atoms with Gasteiger partial charge < -0.3 is 14.6 Å². The zero-order valence-corrected chi connectivity index (χ0v) is 10.6. The normalized spacial score (nSPS) is 10.3. The molecule has 2 aromatic rings. The number of phenols is 1. The standard InChI is InChI=1S/C15H16O3/c1-4-6-10-9-12(16)14-11(15(10)18-3)7-5-8-13(14)17-2/h4-5,7-9,16H,1,6H2,2-3H3. The molecule has 0 fully saturated rings. The number of methoxy groups -OCH3 is 2. The molecule has 0 amide bonds. The first-order valence-electron chi connectivity index (χ1n) is 5.69. The Morgan fingerprint density at radius 3 is 2.67 bits per heavy atom. The van der Waals surface area contributed by atoms with Crippen molar-refractivity contribution in [2.45, 2.75) is 6.42 Å². The van der Waals surface area contributed by atoms with Crippen LogP contribution in [0.25, 0.3) is 10.8 Å². The smallest absolute Gasteiger partial charge is 0.130 e. The maximum atomic E-state index is 10.1. The Morgan fingerprint density at radius 2 is 2.06 bits per heavy atom. The second-order valence-electron chi connectivity index (χ2n) is 3.96. The van der Waals surface area contributed by atoms with Crippen LogP contribution in [0, 0.1) is 0 Å². The second-order valence-corrected chi connectivity index (χ2v) is 3.96. The van der Waals surface area contributed by atoms with Crippen molar-refractivity contribution in [3.63, 3.8) is 0 Å². The number of aromatic hydroxyl groups is 1. The van der Waals surface area contributed by atoms with Gasteiger partial charge in [-0.1, -0.05) is 18.2 Å². The van der Waals surface area contributed by atoms with Gasteiger partial charge in [0.25, 0.3) is 0 Å². The molecule has 0 radical (unpaired) electrons. The van der Waals surface area contributed by atoms with Gasteiger partial charge in [0.15, 0.2) is 0 Å². The van der Waals surface area contributed by atoms with Crippen molar-refractivity contribution >= 4 is 10.8 Å². The third-order valence-electron chi connectivity index (χ3n) is 2.92. The second kappa shape index (κ2) is 5.00. The maximum absolute atomic E-state index is 10.1. The number of hydrogen-bond donors (Lipinski definition) is 1. The highest BCUT2D eigenvalue weighted by molar-refractivity contribution is 5.98. The molecule has 2 rings (SSSR count). The lowest BCUT2D eigenvalue weighted by Crippen LogP contribution is -1.94. The molecular weight excluding hydrogens is 228 g/mol. The molecule has 2 aromatic carbocycles. The molecule has 0 bridgehead atoms. The summed E-state index contributed by atoms with van der Waals surface area (Å²) in [6.45, 7) is 3.71. The van der Waals surface area contributed by atoms with Gasteiger partial charge in [-0.25, -0.2) is 0 Å². The van der Waals surface area contributed by atoms with Crippen molar-refractivity contribution < 1.29 is 14.6 Å². The van der Waals surface area contributed by atoms with Gasteiger partial charge in [0.2, 0.25) is 0 Å². The lowest BCUT2D eigenvalue weighted by molar-refractivity contribution is 0.408. The van der Waals surface area contributed by atoms with Gasteiger partial charge in [-0.15, -0.1) is 6.58 Å². The summed E-state index contributed by atoms with van der Waals surface area (Å²) < 4.78 is 10.7. The molecular formula is C15H16O3. The van der Waals surface area contributed by atoms with Crippen LogP contribution in [-0.2, 0) is 6.42 Å². The molecule has 18 heavy (non-hydrogen) atoms. The average Bonchev–Trinajstić information content (AvgIpc) is 2.38. The van der Waals surface area contributed by atoms with Crippen molar-refractivity contribution in [1.82, 2.24) is 0 Å². The quantitative estimate of drug-likeness (QED) is 0.839. The monoisotopic (exact) mass is 244 g/mol. The molecule has 0 saturated carbocycles.